The number of rotatable bonds is 8. The predicted octanol–water partition coefficient (Wildman–Crippen LogP) is 5.30. The van der Waals surface area contributed by atoms with Crippen LogP contribution >= 0.6 is 0 Å². The molecule has 2 aliphatic heterocycles. The summed E-state index contributed by atoms with van der Waals surface area (Å²) in [5.41, 5.74) is 0.145. The summed E-state index contributed by atoms with van der Waals surface area (Å²) in [6.07, 6.45) is -1.78. The van der Waals surface area contributed by atoms with Gasteiger partial charge in [0.1, 0.15) is 22.9 Å². The number of aryl methyl sites for hydroxylation is 1. The van der Waals surface area contributed by atoms with Crippen molar-refractivity contribution < 1.29 is 41.8 Å². The van der Waals surface area contributed by atoms with Gasteiger partial charge in [-0.1, -0.05) is 24.3 Å². The number of pyridine rings is 1. The molecular formula is C32H26F3N3O6. The maximum absolute atomic E-state index is 13.8. The number of aromatic carboxylic acids is 1. The summed E-state index contributed by atoms with van der Waals surface area (Å²) in [7, 11) is 0. The second kappa shape index (κ2) is 11.2. The van der Waals surface area contributed by atoms with E-state index in [4.69, 9.17) is 4.42 Å². The lowest BCUT2D eigenvalue weighted by Gasteiger charge is -2.18. The van der Waals surface area contributed by atoms with Crippen molar-refractivity contribution in [2.24, 2.45) is 0 Å². The van der Waals surface area contributed by atoms with Crippen molar-refractivity contribution in [2.45, 2.75) is 44.4 Å². The monoisotopic (exact) mass is 605 g/mol. The molecule has 12 heteroatoms. The number of aromatic nitrogens is 1. The molecule has 1 saturated heterocycles. The molecule has 0 aliphatic carbocycles. The summed E-state index contributed by atoms with van der Waals surface area (Å²) >= 11 is 0. The molecular weight excluding hydrogens is 579 g/mol. The lowest BCUT2D eigenvalue weighted by Crippen LogP contribution is -2.41. The number of alkyl halides is 3. The largest absolute Gasteiger partial charge is 0.618 e. The van der Waals surface area contributed by atoms with Crippen LogP contribution in [-0.2, 0) is 25.6 Å². The van der Waals surface area contributed by atoms with E-state index in [1.807, 2.05) is 0 Å². The van der Waals surface area contributed by atoms with Crippen molar-refractivity contribution in [3.63, 3.8) is 0 Å². The van der Waals surface area contributed by atoms with E-state index in [2.05, 4.69) is 5.32 Å². The van der Waals surface area contributed by atoms with E-state index in [1.165, 1.54) is 42.7 Å². The fraction of sp³-hybridized carbons (Fsp3) is 0.250. The van der Waals surface area contributed by atoms with Crippen molar-refractivity contribution in [2.75, 3.05) is 6.54 Å². The lowest BCUT2D eigenvalue weighted by atomic mass is 9.89. The molecule has 1 fully saturated rings. The van der Waals surface area contributed by atoms with Gasteiger partial charge in [-0.05, 0) is 66.8 Å². The Labute approximate surface area is 249 Å². The summed E-state index contributed by atoms with van der Waals surface area (Å²) in [6, 6.07) is 13.5. The van der Waals surface area contributed by atoms with Gasteiger partial charge in [-0.2, -0.15) is 17.9 Å². The van der Waals surface area contributed by atoms with Crippen molar-refractivity contribution in [3.8, 4) is 11.1 Å². The van der Waals surface area contributed by atoms with Crippen molar-refractivity contribution >= 4 is 17.8 Å². The summed E-state index contributed by atoms with van der Waals surface area (Å²) in [5, 5.41) is 27.0. The number of halogens is 3. The number of hydrogen-bond donors (Lipinski definition) is 2. The molecule has 0 saturated carbocycles. The number of fused-ring (bicyclic) bond motifs is 3. The van der Waals surface area contributed by atoms with E-state index in [0.717, 1.165) is 12.1 Å². The van der Waals surface area contributed by atoms with E-state index >= 15 is 0 Å². The summed E-state index contributed by atoms with van der Waals surface area (Å²) < 4.78 is 44.9. The molecule has 44 heavy (non-hydrogen) atoms. The Kier molecular flexibility index (Phi) is 7.36. The van der Waals surface area contributed by atoms with Gasteiger partial charge in [-0.15, -0.1) is 0 Å². The first kappa shape index (κ1) is 29.0. The average Bonchev–Trinajstić information content (AvgIpc) is 3.75. The van der Waals surface area contributed by atoms with Crippen LogP contribution in [0, 0.1) is 5.21 Å². The Hall–Kier alpha value is -5.13. The molecule has 0 unspecified atom stereocenters. The SMILES string of the molecule is O=C(NCc1ccco1)c1ccc(-c2c(C(=O)O)c(CCc3ccc(C(F)(F)F)cc3)[n+]([O-])c3c2C(=O)N2CCC[C@@H]32)cc1. The number of amides is 2. The van der Waals surface area contributed by atoms with Crippen LogP contribution in [0.1, 0.15) is 78.2 Å². The van der Waals surface area contributed by atoms with Gasteiger partial charge in [0.2, 0.25) is 11.4 Å². The van der Waals surface area contributed by atoms with Crippen LogP contribution < -0.4 is 10.0 Å². The first-order valence-corrected chi connectivity index (χ1v) is 14.0. The van der Waals surface area contributed by atoms with E-state index in [-0.39, 0.29) is 53.0 Å². The third kappa shape index (κ3) is 5.16. The molecule has 1 atom stereocenters. The highest BCUT2D eigenvalue weighted by molar-refractivity contribution is 6.10. The van der Waals surface area contributed by atoms with Gasteiger partial charge in [-0.3, -0.25) is 9.59 Å². The topological polar surface area (TPSA) is 127 Å². The third-order valence-electron chi connectivity index (χ3n) is 8.14. The third-order valence-corrected chi connectivity index (χ3v) is 8.14. The van der Waals surface area contributed by atoms with Crippen molar-refractivity contribution in [1.82, 2.24) is 10.2 Å². The Bertz CT molecular complexity index is 1750. The standard InChI is InChI=1S/C32H26F3N3O6/c33-32(34,35)21-12-5-18(6-13-21)7-14-23-26(31(41)42)25(27-28(38(23)43)24-4-1-15-37(24)30(27)40)19-8-10-20(11-9-19)29(39)36-17-22-3-2-16-44-22/h2-3,5-6,8-13,16,24H,1,4,7,14-15,17H2,(H,36,39)(H,41,42)/t24-/m0/s1. The van der Waals surface area contributed by atoms with Crippen LogP contribution in [0.15, 0.2) is 71.3 Å². The van der Waals surface area contributed by atoms with Crippen LogP contribution in [0.2, 0.25) is 0 Å². The maximum atomic E-state index is 13.8. The second-order valence-corrected chi connectivity index (χ2v) is 10.7. The molecule has 0 radical (unpaired) electrons. The van der Waals surface area contributed by atoms with E-state index in [1.54, 1.807) is 17.0 Å². The van der Waals surface area contributed by atoms with Crippen LogP contribution in [0.25, 0.3) is 11.1 Å². The van der Waals surface area contributed by atoms with Gasteiger partial charge in [0.05, 0.1) is 18.4 Å². The average molecular weight is 606 g/mol. The van der Waals surface area contributed by atoms with Gasteiger partial charge in [-0.25, -0.2) is 4.79 Å². The molecule has 6 rings (SSSR count). The van der Waals surface area contributed by atoms with Gasteiger partial charge in [0.15, 0.2) is 0 Å². The fourth-order valence-electron chi connectivity index (χ4n) is 6.04. The number of nitrogens with zero attached hydrogens (tertiary/aromatic N) is 2. The predicted molar refractivity (Wildman–Crippen MR) is 150 cm³/mol. The van der Waals surface area contributed by atoms with Crippen LogP contribution in [0.3, 0.4) is 0 Å². The van der Waals surface area contributed by atoms with Crippen molar-refractivity contribution in [3.05, 3.63) is 117 Å². The quantitative estimate of drug-likeness (QED) is 0.207. The molecule has 2 aromatic carbocycles. The molecule has 226 valence electrons. The van der Waals surface area contributed by atoms with E-state index < -0.39 is 35.6 Å². The smallest absolute Gasteiger partial charge is 0.416 e. The van der Waals surface area contributed by atoms with E-state index in [0.29, 0.717) is 41.0 Å². The van der Waals surface area contributed by atoms with Gasteiger partial charge >= 0.3 is 12.1 Å². The van der Waals surface area contributed by atoms with Crippen LogP contribution in [-0.4, -0.2) is 34.3 Å². The molecule has 0 bridgehead atoms. The Balaban J connectivity index is 1.40. The number of carbonyl (C=O) groups is 3. The molecule has 2 aromatic heterocycles. The number of carboxylic acids is 1. The highest BCUT2D eigenvalue weighted by Gasteiger charge is 2.50. The Morgan fingerprint density at radius 1 is 1.05 bits per heavy atom. The second-order valence-electron chi connectivity index (χ2n) is 10.7. The minimum atomic E-state index is -4.50. The zero-order valence-corrected chi connectivity index (χ0v) is 23.2. The number of carboxylic acid groups (broad SMARTS) is 1. The first-order chi connectivity index (χ1) is 21.0. The fourth-order valence-corrected chi connectivity index (χ4v) is 6.04. The molecule has 2 aliphatic rings. The molecule has 2 amide bonds. The number of nitrogens with one attached hydrogen (secondary N) is 1. The highest BCUT2D eigenvalue weighted by atomic mass is 19.4. The highest BCUT2D eigenvalue weighted by Crippen LogP contribution is 2.45. The van der Waals surface area contributed by atoms with Crippen molar-refractivity contribution in [1.29, 1.82) is 0 Å². The lowest BCUT2D eigenvalue weighted by molar-refractivity contribution is -0.624. The first-order valence-electron chi connectivity index (χ1n) is 14.0. The summed E-state index contributed by atoms with van der Waals surface area (Å²) in [6.45, 7) is 0.593. The van der Waals surface area contributed by atoms with Gasteiger partial charge in [0.25, 0.3) is 11.8 Å². The molecule has 2 N–H and O–H groups in total. The minimum Gasteiger partial charge on any atom is -0.618 e. The molecule has 4 heterocycles. The number of carbonyl (C=O) groups excluding carboxylic acids is 2. The summed E-state index contributed by atoms with van der Waals surface area (Å²) in [4.78, 5) is 40.7. The Morgan fingerprint density at radius 3 is 2.41 bits per heavy atom. The summed E-state index contributed by atoms with van der Waals surface area (Å²) in [5.74, 6) is -1.68. The number of furan rings is 1. The van der Waals surface area contributed by atoms with Gasteiger partial charge in [0, 0.05) is 24.1 Å². The number of hydrogen-bond acceptors (Lipinski definition) is 5. The van der Waals surface area contributed by atoms with E-state index in [9.17, 15) is 37.9 Å². The van der Waals surface area contributed by atoms with Crippen LogP contribution in [0.4, 0.5) is 13.2 Å². The molecule has 0 spiro atoms. The van der Waals surface area contributed by atoms with Crippen LogP contribution in [0.5, 0.6) is 0 Å². The normalized spacial score (nSPS) is 15.8. The molecule has 9 nitrogen and oxygen atoms in total. The minimum absolute atomic E-state index is 0.0235. The Morgan fingerprint density at radius 2 is 1.77 bits per heavy atom. The van der Waals surface area contributed by atoms with Gasteiger partial charge < -0.3 is 24.9 Å². The zero-order chi connectivity index (χ0) is 31.2. The number of benzene rings is 2. The maximum Gasteiger partial charge on any atom is 0.416 e. The zero-order valence-electron chi connectivity index (χ0n) is 23.2. The molecule has 4 aromatic rings.